The maximum Gasteiger partial charge on any atom is 0.0351 e. The molecule has 108 valence electrons. The van der Waals surface area contributed by atoms with Crippen LogP contribution in [-0.4, -0.2) is 26.5 Å². The molecule has 0 saturated carbocycles. The van der Waals surface area contributed by atoms with Crippen LogP contribution in [0.2, 0.25) is 0 Å². The first-order chi connectivity index (χ1) is 8.64. The van der Waals surface area contributed by atoms with Gasteiger partial charge in [-0.1, -0.05) is 50.8 Å². The van der Waals surface area contributed by atoms with Gasteiger partial charge in [-0.2, -0.15) is 0 Å². The summed E-state index contributed by atoms with van der Waals surface area (Å²) < 4.78 is 4.25. The van der Waals surface area contributed by atoms with Gasteiger partial charge in [0.1, 0.15) is 0 Å². The predicted molar refractivity (Wildman–Crippen MR) is 90.7 cm³/mol. The van der Waals surface area contributed by atoms with Crippen molar-refractivity contribution < 1.29 is 4.74 Å². The quantitative estimate of drug-likeness (QED) is 0.507. The number of methoxy groups -OCH3 is 1. The van der Waals surface area contributed by atoms with Crippen LogP contribution in [0.15, 0.2) is 23.5 Å². The Hall–Kier alpha value is 0.0900. The summed E-state index contributed by atoms with van der Waals surface area (Å²) in [7, 11) is 3.25. The minimum absolute atomic E-state index is 1.10. The lowest BCUT2D eigenvalue weighted by molar-refractivity contribution is 0.277. The number of hydrogen-bond acceptors (Lipinski definition) is 2. The van der Waals surface area contributed by atoms with Gasteiger partial charge in [0.25, 0.3) is 0 Å². The van der Waals surface area contributed by atoms with Gasteiger partial charge in [-0.25, -0.2) is 0 Å². The Labute approximate surface area is 120 Å². The predicted octanol–water partition coefficient (Wildman–Crippen LogP) is 5.42. The van der Waals surface area contributed by atoms with Crippen molar-refractivity contribution >= 4 is 17.8 Å². The van der Waals surface area contributed by atoms with E-state index in [4.69, 9.17) is 11.8 Å². The third-order valence-electron chi connectivity index (χ3n) is 2.58. The van der Waals surface area contributed by atoms with Crippen LogP contribution in [0.25, 0.3) is 0 Å². The first-order valence-electron chi connectivity index (χ1n) is 6.96. The third-order valence-corrected chi connectivity index (χ3v) is 7.73. The van der Waals surface area contributed by atoms with Gasteiger partial charge in [0, 0.05) is 14.2 Å². The van der Waals surface area contributed by atoms with E-state index in [0.717, 1.165) is 6.42 Å². The first-order valence-corrected chi connectivity index (χ1v) is 10.1. The number of hydrogen-bond donors (Lipinski definition) is 0. The van der Waals surface area contributed by atoms with Gasteiger partial charge in [-0.05, 0) is 49.9 Å². The summed E-state index contributed by atoms with van der Waals surface area (Å²) in [6, 6.07) is -1.10. The topological polar surface area (TPSA) is 9.23 Å². The van der Waals surface area contributed by atoms with Gasteiger partial charge in [0.15, 0.2) is 0 Å². The summed E-state index contributed by atoms with van der Waals surface area (Å²) in [5, 5.41) is 1.47. The van der Waals surface area contributed by atoms with Crippen molar-refractivity contribution in [3.05, 3.63) is 23.5 Å². The largest absolute Gasteiger partial charge is 0.388 e. The van der Waals surface area contributed by atoms with E-state index in [2.05, 4.69) is 36.8 Å². The van der Waals surface area contributed by atoms with E-state index < -0.39 is 6.04 Å². The molecule has 0 aromatic carbocycles. The lowest BCUT2D eigenvalue weighted by Gasteiger charge is -2.16. The second kappa shape index (κ2) is 13.5. The highest BCUT2D eigenvalue weighted by Crippen LogP contribution is 2.59. The van der Waals surface area contributed by atoms with Crippen molar-refractivity contribution in [2.75, 3.05) is 26.5 Å². The van der Waals surface area contributed by atoms with Gasteiger partial charge in [0.2, 0.25) is 0 Å². The molecule has 0 unspecified atom stereocenters. The van der Waals surface area contributed by atoms with Gasteiger partial charge >= 0.3 is 0 Å². The second-order valence-corrected chi connectivity index (χ2v) is 9.26. The molecule has 0 aromatic rings. The molecule has 1 rings (SSSR count). The molecule has 1 aliphatic heterocycles. The Balaban J connectivity index is 0. The lowest BCUT2D eigenvalue weighted by Crippen LogP contribution is -1.86. The maximum atomic E-state index is 5.79. The molecule has 0 amide bonds. The van der Waals surface area contributed by atoms with Gasteiger partial charge < -0.3 is 4.74 Å². The van der Waals surface area contributed by atoms with Crippen LogP contribution in [0.1, 0.15) is 47.0 Å². The van der Waals surface area contributed by atoms with Crippen LogP contribution in [0, 0.1) is 0 Å². The van der Waals surface area contributed by atoms with Crippen LogP contribution >= 0.6 is 6.04 Å². The van der Waals surface area contributed by atoms with E-state index in [1.165, 1.54) is 30.5 Å². The summed E-state index contributed by atoms with van der Waals surface area (Å²) in [6.45, 7) is 8.30. The van der Waals surface area contributed by atoms with Crippen LogP contribution in [0.4, 0.5) is 0 Å². The van der Waals surface area contributed by atoms with Gasteiger partial charge in [0.05, 0.1) is 0 Å². The zero-order chi connectivity index (χ0) is 14.4. The van der Waals surface area contributed by atoms with Crippen molar-refractivity contribution in [1.82, 2.24) is 0 Å². The normalized spacial score (nSPS) is 17.8. The van der Waals surface area contributed by atoms with Crippen molar-refractivity contribution in [2.45, 2.75) is 47.0 Å². The molecule has 0 aliphatic carbocycles. The molecule has 18 heavy (non-hydrogen) atoms. The highest BCUT2D eigenvalue weighted by molar-refractivity contribution is 8.16. The molecular formula is C15H31OPS. The molecule has 1 fully saturated rings. The van der Waals surface area contributed by atoms with Gasteiger partial charge in [-0.15, -0.1) is 0 Å². The number of rotatable bonds is 3. The smallest absolute Gasteiger partial charge is 0.0351 e. The molecular weight excluding hydrogens is 259 g/mol. The zero-order valence-electron chi connectivity index (χ0n) is 13.0. The minimum atomic E-state index is -1.10. The van der Waals surface area contributed by atoms with E-state index in [9.17, 15) is 0 Å². The highest BCUT2D eigenvalue weighted by Gasteiger charge is 2.24. The lowest BCUT2D eigenvalue weighted by atomic mass is 10.4. The highest BCUT2D eigenvalue weighted by atomic mass is 32.4. The van der Waals surface area contributed by atoms with E-state index in [1.54, 1.807) is 14.2 Å². The molecule has 1 aliphatic rings. The average Bonchev–Trinajstić information content (AvgIpc) is 2.81. The Kier molecular flexibility index (Phi) is 15.3. The van der Waals surface area contributed by atoms with E-state index in [0.29, 0.717) is 0 Å². The van der Waals surface area contributed by atoms with Crippen molar-refractivity contribution in [3.63, 3.8) is 0 Å². The summed E-state index contributed by atoms with van der Waals surface area (Å²) in [6.07, 6.45) is 13.2. The van der Waals surface area contributed by atoms with Crippen LogP contribution in [0.3, 0.4) is 0 Å². The summed E-state index contributed by atoms with van der Waals surface area (Å²) >= 11 is 5.79. The summed E-state index contributed by atoms with van der Waals surface area (Å²) in [4.78, 5) is 0. The third kappa shape index (κ3) is 8.24. The fourth-order valence-corrected chi connectivity index (χ4v) is 6.14. The van der Waals surface area contributed by atoms with E-state index >= 15 is 0 Å². The molecule has 0 bridgehead atoms. The molecule has 1 heterocycles. The fourth-order valence-electron chi connectivity index (χ4n) is 1.81. The van der Waals surface area contributed by atoms with Crippen molar-refractivity contribution in [2.24, 2.45) is 0 Å². The molecule has 1 saturated heterocycles. The van der Waals surface area contributed by atoms with Crippen LogP contribution in [0.5, 0.6) is 0 Å². The molecule has 0 spiro atoms. The average molecular weight is 290 g/mol. The molecule has 0 atom stereocenters. The molecule has 0 aromatic heterocycles. The monoisotopic (exact) mass is 290 g/mol. The Morgan fingerprint density at radius 2 is 1.67 bits per heavy atom. The second-order valence-electron chi connectivity index (χ2n) is 3.98. The Bertz CT molecular complexity index is 272. The molecule has 0 radical (unpaired) electrons. The Morgan fingerprint density at radius 1 is 1.22 bits per heavy atom. The van der Waals surface area contributed by atoms with Crippen molar-refractivity contribution in [1.29, 1.82) is 0 Å². The first kappa shape index (κ1) is 20.4. The Morgan fingerprint density at radius 3 is 2.00 bits per heavy atom. The summed E-state index contributed by atoms with van der Waals surface area (Å²) in [5.74, 6) is 0. The molecule has 3 heteroatoms. The number of allylic oxidation sites excluding steroid dienone is 4. The van der Waals surface area contributed by atoms with E-state index in [-0.39, 0.29) is 0 Å². The van der Waals surface area contributed by atoms with Crippen LogP contribution in [-0.2, 0) is 16.5 Å². The SMILES string of the molecule is C/C=C(\C=C/CC)P1(=S)CCCC1.CC.COC. The maximum absolute atomic E-state index is 5.79. The van der Waals surface area contributed by atoms with Crippen molar-refractivity contribution in [3.8, 4) is 0 Å². The zero-order valence-corrected chi connectivity index (χ0v) is 14.7. The summed E-state index contributed by atoms with van der Waals surface area (Å²) in [5.41, 5.74) is 0. The number of ether oxygens (including phenoxy) is 1. The molecule has 0 N–H and O–H groups in total. The van der Waals surface area contributed by atoms with Gasteiger partial charge in [-0.3, -0.25) is 0 Å². The van der Waals surface area contributed by atoms with E-state index in [1.807, 2.05) is 13.8 Å². The fraction of sp³-hybridized carbons (Fsp3) is 0.733. The standard InChI is InChI=1S/C11H19PS.C2H6O.C2H6/c1-3-5-8-11(4-2)12(13)9-6-7-10-12;1-3-2;1-2/h4-5,8H,3,6-7,9-10H2,1-2H3;1-2H3;1-2H3/b8-5-,11-4+;;. The minimum Gasteiger partial charge on any atom is -0.388 e. The van der Waals surface area contributed by atoms with Crippen LogP contribution < -0.4 is 0 Å². The molecule has 1 nitrogen and oxygen atoms in total.